The van der Waals surface area contributed by atoms with Gasteiger partial charge in [-0.25, -0.2) is 14.8 Å². The van der Waals surface area contributed by atoms with Crippen LogP contribution in [0.15, 0.2) is 43.0 Å². The Balaban J connectivity index is 1.10. The number of anilines is 1. The summed E-state index contributed by atoms with van der Waals surface area (Å²) in [6.07, 6.45) is 8.85. The van der Waals surface area contributed by atoms with Crippen LogP contribution in [-0.2, 0) is 9.53 Å². The van der Waals surface area contributed by atoms with E-state index < -0.39 is 11.7 Å². The number of aryl methyl sites for hydroxylation is 1. The Hall–Kier alpha value is -4.09. The summed E-state index contributed by atoms with van der Waals surface area (Å²) in [6, 6.07) is 5.90. The highest BCUT2D eigenvalue weighted by Crippen LogP contribution is 2.40. The number of carbonyl (C=O) groups is 2. The predicted molar refractivity (Wildman–Crippen MR) is 173 cm³/mol. The van der Waals surface area contributed by atoms with E-state index in [1.165, 1.54) is 0 Å². The Morgan fingerprint density at radius 2 is 1.84 bits per heavy atom. The lowest BCUT2D eigenvalue weighted by Crippen LogP contribution is -2.50. The molecule has 0 radical (unpaired) electrons. The zero-order valence-electron chi connectivity index (χ0n) is 26.8. The lowest BCUT2D eigenvalue weighted by molar-refractivity contribution is -0.117. The van der Waals surface area contributed by atoms with Gasteiger partial charge in [-0.05, 0) is 64.2 Å². The zero-order chi connectivity index (χ0) is 31.9. The molecule has 2 fully saturated rings. The molecule has 0 bridgehead atoms. The van der Waals surface area contributed by atoms with Crippen LogP contribution in [0.5, 0.6) is 0 Å². The first-order valence-electron chi connectivity index (χ1n) is 15.9. The lowest BCUT2D eigenvalue weighted by atomic mass is 10.00. The topological polar surface area (TPSA) is 125 Å². The zero-order valence-corrected chi connectivity index (χ0v) is 26.8. The summed E-state index contributed by atoms with van der Waals surface area (Å²) < 4.78 is 7.51. The van der Waals surface area contributed by atoms with Gasteiger partial charge >= 0.3 is 6.09 Å². The summed E-state index contributed by atoms with van der Waals surface area (Å²) >= 11 is 0. The van der Waals surface area contributed by atoms with Crippen LogP contribution in [0.25, 0.3) is 27.7 Å². The summed E-state index contributed by atoms with van der Waals surface area (Å²) in [5, 5.41) is 14.4. The molecule has 1 saturated carbocycles. The smallest absolute Gasteiger partial charge is 0.410 e. The van der Waals surface area contributed by atoms with Crippen molar-refractivity contribution in [1.82, 2.24) is 29.2 Å². The van der Waals surface area contributed by atoms with Crippen LogP contribution in [-0.4, -0.2) is 84.6 Å². The number of fused-ring (bicyclic) bond motifs is 3. The van der Waals surface area contributed by atoms with Crippen molar-refractivity contribution in [2.45, 2.75) is 65.6 Å². The van der Waals surface area contributed by atoms with Crippen LogP contribution in [0.4, 0.5) is 10.6 Å². The van der Waals surface area contributed by atoms with Crippen molar-refractivity contribution in [3.63, 3.8) is 0 Å². The Bertz CT molecular complexity index is 1720. The minimum atomic E-state index is -0.573. The van der Waals surface area contributed by atoms with E-state index in [0.29, 0.717) is 36.9 Å². The number of rotatable bonds is 8. The summed E-state index contributed by atoms with van der Waals surface area (Å²) in [5.74, 6) is 0.757. The van der Waals surface area contributed by atoms with Crippen LogP contribution >= 0.6 is 0 Å². The molecular weight excluding hydrogens is 570 g/mol. The van der Waals surface area contributed by atoms with Gasteiger partial charge in [-0.1, -0.05) is 13.3 Å². The van der Waals surface area contributed by atoms with Crippen molar-refractivity contribution in [1.29, 1.82) is 0 Å². The number of aliphatic hydroxyl groups excluding tert-OH is 1. The average Bonchev–Trinajstić information content (AvgIpc) is 3.58. The van der Waals surface area contributed by atoms with Gasteiger partial charge in [-0.2, -0.15) is 0 Å². The highest BCUT2D eigenvalue weighted by Gasteiger charge is 2.44. The number of carbonyl (C=O) groups excluding carboxylic acids is 2. The van der Waals surface area contributed by atoms with E-state index in [1.807, 2.05) is 63.5 Å². The summed E-state index contributed by atoms with van der Waals surface area (Å²) in [7, 11) is 0. The van der Waals surface area contributed by atoms with Crippen molar-refractivity contribution in [3.05, 3.63) is 54.2 Å². The number of ether oxygens (including phenoxy) is 1. The third-order valence-corrected chi connectivity index (χ3v) is 8.71. The minimum absolute atomic E-state index is 0.00946. The van der Waals surface area contributed by atoms with E-state index in [0.717, 1.165) is 65.7 Å². The van der Waals surface area contributed by atoms with Crippen molar-refractivity contribution in [2.75, 3.05) is 38.0 Å². The summed E-state index contributed by atoms with van der Waals surface area (Å²) in [4.78, 5) is 43.4. The number of nitrogens with one attached hydrogen (secondary N) is 1. The molecule has 11 heteroatoms. The number of imidazole rings is 1. The molecule has 4 aromatic rings. The molecular formula is C34H43N7O4. The number of nitrogens with zero attached hydrogens (tertiary/aromatic N) is 6. The Morgan fingerprint density at radius 1 is 1.07 bits per heavy atom. The molecule has 4 aromatic heterocycles. The van der Waals surface area contributed by atoms with Crippen molar-refractivity contribution >= 4 is 34.4 Å². The molecule has 1 aliphatic heterocycles. The van der Waals surface area contributed by atoms with E-state index in [4.69, 9.17) is 4.74 Å². The van der Waals surface area contributed by atoms with Crippen molar-refractivity contribution in [2.24, 2.45) is 11.8 Å². The highest BCUT2D eigenvalue weighted by molar-refractivity contribution is 5.97. The number of pyridine rings is 3. The summed E-state index contributed by atoms with van der Waals surface area (Å²) in [6.45, 7) is 13.4. The first kappa shape index (κ1) is 30.9. The number of hydrogen-bond donors (Lipinski definition) is 2. The van der Waals surface area contributed by atoms with Crippen LogP contribution < -0.4 is 5.32 Å². The Labute approximate surface area is 263 Å². The molecule has 2 amide bonds. The predicted octanol–water partition coefficient (Wildman–Crippen LogP) is 5.21. The van der Waals surface area contributed by atoms with Crippen LogP contribution in [0, 0.1) is 18.8 Å². The van der Waals surface area contributed by atoms with E-state index in [1.54, 1.807) is 17.3 Å². The van der Waals surface area contributed by atoms with E-state index in [2.05, 4.69) is 31.2 Å². The van der Waals surface area contributed by atoms with Gasteiger partial charge in [0, 0.05) is 86.0 Å². The lowest BCUT2D eigenvalue weighted by Gasteiger charge is -2.35. The second-order valence-electron chi connectivity index (χ2n) is 13.4. The van der Waals surface area contributed by atoms with Gasteiger partial charge in [-0.3, -0.25) is 19.1 Å². The highest BCUT2D eigenvalue weighted by atomic mass is 16.6. The largest absolute Gasteiger partial charge is 0.444 e. The van der Waals surface area contributed by atoms with Gasteiger partial charge in [0.05, 0.1) is 17.3 Å². The molecule has 238 valence electrons. The molecule has 2 aliphatic rings. The maximum atomic E-state index is 13.2. The van der Waals surface area contributed by atoms with Crippen molar-refractivity contribution in [3.8, 4) is 11.1 Å². The quantitative estimate of drug-likeness (QED) is 0.277. The molecule has 2 N–H and O–H groups in total. The molecule has 5 heterocycles. The van der Waals surface area contributed by atoms with Crippen molar-refractivity contribution < 1.29 is 19.4 Å². The standard InChI is InChI=1S/C34H43N7O4/c1-6-7-29(42)27-14-21(2)26(19-36-27)25-15-22-18-37-30(17-28(22)41-9-8-35-31(25)41)38-32(43)24-16-23(24)20-39-10-12-40(13-11-39)33(44)45-34(3,4)5/h8-9,14-15,17-19,23-24,29,42H,6-7,10-13,16,20H2,1-5H3,(H,37,38,43)/t23-,24+,29+/m0/s1. The average molecular weight is 614 g/mol. The van der Waals surface area contributed by atoms with Gasteiger partial charge in [0.2, 0.25) is 5.91 Å². The molecule has 0 spiro atoms. The maximum Gasteiger partial charge on any atom is 0.410 e. The fraction of sp³-hybridized carbons (Fsp3) is 0.500. The normalized spacial score (nSPS) is 19.6. The van der Waals surface area contributed by atoms with Gasteiger partial charge in [-0.15, -0.1) is 0 Å². The van der Waals surface area contributed by atoms with Crippen LogP contribution in [0.1, 0.15) is 64.3 Å². The van der Waals surface area contributed by atoms with E-state index in [9.17, 15) is 14.7 Å². The molecule has 1 aliphatic carbocycles. The number of hydrogen-bond acceptors (Lipinski definition) is 8. The van der Waals surface area contributed by atoms with Crippen LogP contribution in [0.2, 0.25) is 0 Å². The van der Waals surface area contributed by atoms with E-state index >= 15 is 0 Å². The molecule has 1 saturated heterocycles. The third-order valence-electron chi connectivity index (χ3n) is 8.71. The fourth-order valence-corrected chi connectivity index (χ4v) is 6.18. The van der Waals surface area contributed by atoms with Gasteiger partial charge in [0.25, 0.3) is 0 Å². The van der Waals surface area contributed by atoms with Gasteiger partial charge in [0.1, 0.15) is 17.1 Å². The molecule has 11 nitrogen and oxygen atoms in total. The molecule has 6 rings (SSSR count). The van der Waals surface area contributed by atoms with E-state index in [-0.39, 0.29) is 17.9 Å². The molecule has 45 heavy (non-hydrogen) atoms. The second-order valence-corrected chi connectivity index (χ2v) is 13.4. The number of piperazine rings is 1. The third kappa shape index (κ3) is 6.79. The molecule has 0 unspecified atom stereocenters. The Morgan fingerprint density at radius 3 is 2.56 bits per heavy atom. The Kier molecular flexibility index (Phi) is 8.49. The first-order valence-corrected chi connectivity index (χ1v) is 15.9. The van der Waals surface area contributed by atoms with Gasteiger partial charge in [0.15, 0.2) is 0 Å². The number of aromatic nitrogens is 4. The monoisotopic (exact) mass is 613 g/mol. The minimum Gasteiger partial charge on any atom is -0.444 e. The van der Waals surface area contributed by atoms with Crippen LogP contribution in [0.3, 0.4) is 0 Å². The second kappa shape index (κ2) is 12.4. The summed E-state index contributed by atoms with van der Waals surface area (Å²) in [5.41, 5.74) is 4.75. The molecule has 3 atom stereocenters. The molecule has 0 aromatic carbocycles. The first-order chi connectivity index (χ1) is 21.5. The SMILES string of the molecule is CCC[C@@H](O)c1cc(C)c(-c2cc3cnc(NC(=O)[C@@H]4C[C@H]4CN4CCN(C(=O)OC(C)(C)C)CC4)cc3n3ccnc23)cn1. The fourth-order valence-electron chi connectivity index (χ4n) is 6.18. The number of amides is 2. The maximum absolute atomic E-state index is 13.2. The van der Waals surface area contributed by atoms with Gasteiger partial charge < -0.3 is 20.1 Å². The number of aliphatic hydroxyl groups is 1.